The third-order valence-electron chi connectivity index (χ3n) is 4.03. The first kappa shape index (κ1) is 16.5. The predicted octanol–water partition coefficient (Wildman–Crippen LogP) is 2.42. The Hall–Kier alpha value is -1.85. The standard InChI is InChI=1S/C16H20N4O.ClH/c17-15-4-1-3-14(15)16(21)19-13-7-5-12(6-8-13)11-20-10-2-9-18-20;/h2,5-10,14-15H,1,3-4,11,17H2,(H,19,21);1H. The quantitative estimate of drug-likeness (QED) is 0.908. The number of nitrogens with two attached hydrogens (primary N) is 1. The van der Waals surface area contributed by atoms with Crippen molar-refractivity contribution in [1.29, 1.82) is 0 Å². The van der Waals surface area contributed by atoms with Gasteiger partial charge in [-0.25, -0.2) is 0 Å². The van der Waals surface area contributed by atoms with E-state index in [0.29, 0.717) is 0 Å². The zero-order valence-electron chi connectivity index (χ0n) is 12.3. The second-order valence-electron chi connectivity index (χ2n) is 5.59. The fourth-order valence-corrected chi connectivity index (χ4v) is 2.82. The molecule has 2 unspecified atom stereocenters. The summed E-state index contributed by atoms with van der Waals surface area (Å²) in [4.78, 5) is 12.2. The molecule has 1 amide bonds. The molecule has 1 heterocycles. The summed E-state index contributed by atoms with van der Waals surface area (Å²) in [6.45, 7) is 0.731. The van der Waals surface area contributed by atoms with Crippen molar-refractivity contribution in [1.82, 2.24) is 9.78 Å². The second kappa shape index (κ2) is 7.42. The number of aromatic nitrogens is 2. The largest absolute Gasteiger partial charge is 0.327 e. The molecule has 2 atom stereocenters. The molecule has 0 aliphatic heterocycles. The van der Waals surface area contributed by atoms with Gasteiger partial charge in [-0.2, -0.15) is 5.10 Å². The zero-order chi connectivity index (χ0) is 14.7. The molecule has 2 aromatic rings. The van der Waals surface area contributed by atoms with Crippen molar-refractivity contribution in [3.05, 3.63) is 48.3 Å². The van der Waals surface area contributed by atoms with Crippen molar-refractivity contribution >= 4 is 24.0 Å². The first-order valence-electron chi connectivity index (χ1n) is 7.35. The molecule has 1 aliphatic rings. The number of carbonyl (C=O) groups is 1. The lowest BCUT2D eigenvalue weighted by Crippen LogP contribution is -2.34. The number of halogens is 1. The van der Waals surface area contributed by atoms with E-state index in [1.807, 2.05) is 41.2 Å². The molecule has 0 radical (unpaired) electrons. The van der Waals surface area contributed by atoms with Gasteiger partial charge in [-0.05, 0) is 36.6 Å². The van der Waals surface area contributed by atoms with Crippen LogP contribution >= 0.6 is 12.4 Å². The van der Waals surface area contributed by atoms with Gasteiger partial charge in [-0.15, -0.1) is 12.4 Å². The third kappa shape index (κ3) is 3.87. The number of benzene rings is 1. The molecule has 3 N–H and O–H groups in total. The second-order valence-corrected chi connectivity index (χ2v) is 5.59. The predicted molar refractivity (Wildman–Crippen MR) is 89.0 cm³/mol. The Bertz CT molecular complexity index is 597. The van der Waals surface area contributed by atoms with Gasteiger partial charge < -0.3 is 11.1 Å². The highest BCUT2D eigenvalue weighted by Crippen LogP contribution is 2.25. The van der Waals surface area contributed by atoms with Gasteiger partial charge in [-0.3, -0.25) is 9.48 Å². The number of amides is 1. The van der Waals surface area contributed by atoms with Crippen molar-refractivity contribution in [2.24, 2.45) is 11.7 Å². The van der Waals surface area contributed by atoms with Gasteiger partial charge in [0.25, 0.3) is 0 Å². The molecule has 1 fully saturated rings. The van der Waals surface area contributed by atoms with Crippen LogP contribution in [0.15, 0.2) is 42.7 Å². The molecule has 118 valence electrons. The Labute approximate surface area is 136 Å². The highest BCUT2D eigenvalue weighted by atomic mass is 35.5. The average molecular weight is 321 g/mol. The summed E-state index contributed by atoms with van der Waals surface area (Å²) in [5.74, 6) is -0.00595. The Morgan fingerprint density at radius 2 is 2.09 bits per heavy atom. The average Bonchev–Trinajstić information content (AvgIpc) is 3.12. The van der Waals surface area contributed by atoms with E-state index in [4.69, 9.17) is 5.73 Å². The Morgan fingerprint density at radius 1 is 1.32 bits per heavy atom. The molecule has 0 bridgehead atoms. The van der Waals surface area contributed by atoms with Crippen LogP contribution in [0.3, 0.4) is 0 Å². The van der Waals surface area contributed by atoms with Crippen molar-refractivity contribution in [3.8, 4) is 0 Å². The van der Waals surface area contributed by atoms with Crippen molar-refractivity contribution < 1.29 is 4.79 Å². The minimum atomic E-state index is -0.0475. The maximum Gasteiger partial charge on any atom is 0.229 e. The summed E-state index contributed by atoms with van der Waals surface area (Å²) in [5, 5.41) is 7.13. The van der Waals surface area contributed by atoms with Gasteiger partial charge in [0, 0.05) is 24.1 Å². The molecule has 1 aromatic heterocycles. The van der Waals surface area contributed by atoms with Gasteiger partial charge >= 0.3 is 0 Å². The Morgan fingerprint density at radius 3 is 2.68 bits per heavy atom. The lowest BCUT2D eigenvalue weighted by molar-refractivity contribution is -0.120. The normalized spacial score (nSPS) is 20.4. The summed E-state index contributed by atoms with van der Waals surface area (Å²) >= 11 is 0. The fraction of sp³-hybridized carbons (Fsp3) is 0.375. The SMILES string of the molecule is Cl.NC1CCCC1C(=O)Nc1ccc(Cn2cccn2)cc1. The van der Waals surface area contributed by atoms with Crippen molar-refractivity contribution in [3.63, 3.8) is 0 Å². The topological polar surface area (TPSA) is 72.9 Å². The fourth-order valence-electron chi connectivity index (χ4n) is 2.82. The van der Waals surface area contributed by atoms with E-state index in [-0.39, 0.29) is 30.3 Å². The lowest BCUT2D eigenvalue weighted by Gasteiger charge is -2.15. The van der Waals surface area contributed by atoms with Crippen LogP contribution in [-0.2, 0) is 11.3 Å². The van der Waals surface area contributed by atoms with Gasteiger partial charge in [0.05, 0.1) is 12.5 Å². The number of nitrogens with zero attached hydrogens (tertiary/aromatic N) is 2. The number of carbonyl (C=O) groups excluding carboxylic acids is 1. The van der Waals surface area contributed by atoms with Crippen LogP contribution in [0.25, 0.3) is 0 Å². The number of nitrogens with one attached hydrogen (secondary N) is 1. The van der Waals surface area contributed by atoms with E-state index in [9.17, 15) is 4.79 Å². The van der Waals surface area contributed by atoms with Gasteiger partial charge in [0.15, 0.2) is 0 Å². The highest BCUT2D eigenvalue weighted by molar-refractivity contribution is 5.93. The maximum absolute atomic E-state index is 12.2. The van der Waals surface area contributed by atoms with Crippen LogP contribution in [0.1, 0.15) is 24.8 Å². The Balaban J connectivity index is 0.00000176. The van der Waals surface area contributed by atoms with Crippen molar-refractivity contribution in [2.45, 2.75) is 31.8 Å². The molecule has 1 aliphatic carbocycles. The van der Waals surface area contributed by atoms with E-state index in [1.165, 1.54) is 0 Å². The van der Waals surface area contributed by atoms with Crippen molar-refractivity contribution in [2.75, 3.05) is 5.32 Å². The third-order valence-corrected chi connectivity index (χ3v) is 4.03. The first-order chi connectivity index (χ1) is 10.2. The van der Waals surface area contributed by atoms with E-state index in [1.54, 1.807) is 6.20 Å². The van der Waals surface area contributed by atoms with E-state index in [2.05, 4.69) is 10.4 Å². The van der Waals surface area contributed by atoms with Crippen LogP contribution < -0.4 is 11.1 Å². The Kier molecular flexibility index (Phi) is 5.57. The summed E-state index contributed by atoms with van der Waals surface area (Å²) in [6, 6.07) is 9.77. The monoisotopic (exact) mass is 320 g/mol. The van der Waals surface area contributed by atoms with E-state index >= 15 is 0 Å². The number of rotatable bonds is 4. The summed E-state index contributed by atoms with van der Waals surface area (Å²) in [7, 11) is 0. The van der Waals surface area contributed by atoms with Crippen LogP contribution in [0.5, 0.6) is 0 Å². The molecule has 22 heavy (non-hydrogen) atoms. The van der Waals surface area contributed by atoms with Crippen LogP contribution in [-0.4, -0.2) is 21.7 Å². The highest BCUT2D eigenvalue weighted by Gasteiger charge is 2.30. The van der Waals surface area contributed by atoms with E-state index < -0.39 is 0 Å². The molecule has 3 rings (SSSR count). The number of anilines is 1. The molecule has 1 saturated carbocycles. The van der Waals surface area contributed by atoms with Gasteiger partial charge in [0.1, 0.15) is 0 Å². The summed E-state index contributed by atoms with van der Waals surface area (Å²) in [5.41, 5.74) is 7.93. The van der Waals surface area contributed by atoms with Gasteiger partial charge in [0.2, 0.25) is 5.91 Å². The molecule has 0 spiro atoms. The summed E-state index contributed by atoms with van der Waals surface area (Å²) in [6.07, 6.45) is 6.57. The molecule has 0 saturated heterocycles. The maximum atomic E-state index is 12.2. The lowest BCUT2D eigenvalue weighted by atomic mass is 10.0. The van der Waals surface area contributed by atoms with Crippen LogP contribution in [0.2, 0.25) is 0 Å². The first-order valence-corrected chi connectivity index (χ1v) is 7.35. The molecular weight excluding hydrogens is 300 g/mol. The zero-order valence-corrected chi connectivity index (χ0v) is 13.1. The minimum Gasteiger partial charge on any atom is -0.327 e. The van der Waals surface area contributed by atoms with Crippen LogP contribution in [0.4, 0.5) is 5.69 Å². The minimum absolute atomic E-state index is 0. The molecular formula is C16H21ClN4O. The van der Waals surface area contributed by atoms with E-state index in [0.717, 1.165) is 37.1 Å². The molecule has 6 heteroatoms. The molecule has 1 aromatic carbocycles. The van der Waals surface area contributed by atoms with Crippen LogP contribution in [0, 0.1) is 5.92 Å². The number of hydrogen-bond donors (Lipinski definition) is 2. The number of hydrogen-bond acceptors (Lipinski definition) is 3. The smallest absolute Gasteiger partial charge is 0.229 e. The molecule has 5 nitrogen and oxygen atoms in total. The van der Waals surface area contributed by atoms with Gasteiger partial charge in [-0.1, -0.05) is 18.6 Å². The summed E-state index contributed by atoms with van der Waals surface area (Å²) < 4.78 is 1.87.